The Morgan fingerprint density at radius 2 is 1.64 bits per heavy atom. The summed E-state index contributed by atoms with van der Waals surface area (Å²) < 4.78 is 1.51. The SMILES string of the molecule is O=c1c2cc([N+](=O)[O-])ccc2nc(SCc2ccccc2)n1-c1ccccc1. The number of benzene rings is 3. The van der Waals surface area contributed by atoms with Crippen LogP contribution in [0.4, 0.5) is 5.69 Å². The molecule has 138 valence electrons. The van der Waals surface area contributed by atoms with Gasteiger partial charge in [0.05, 0.1) is 21.5 Å². The van der Waals surface area contributed by atoms with Gasteiger partial charge >= 0.3 is 0 Å². The number of nitrogens with zero attached hydrogens (tertiary/aromatic N) is 3. The van der Waals surface area contributed by atoms with Gasteiger partial charge in [0, 0.05) is 17.9 Å². The Morgan fingerprint density at radius 3 is 2.32 bits per heavy atom. The smallest absolute Gasteiger partial charge is 0.268 e. The fourth-order valence-corrected chi connectivity index (χ4v) is 3.86. The van der Waals surface area contributed by atoms with E-state index in [0.29, 0.717) is 22.1 Å². The van der Waals surface area contributed by atoms with Gasteiger partial charge in [-0.1, -0.05) is 60.3 Å². The van der Waals surface area contributed by atoms with Crippen LogP contribution in [-0.4, -0.2) is 14.5 Å². The average molecular weight is 389 g/mol. The highest BCUT2D eigenvalue weighted by atomic mass is 32.2. The number of hydrogen-bond acceptors (Lipinski definition) is 5. The molecule has 0 aliphatic rings. The van der Waals surface area contributed by atoms with Crippen molar-refractivity contribution in [2.24, 2.45) is 0 Å². The van der Waals surface area contributed by atoms with Crippen LogP contribution in [0, 0.1) is 10.1 Å². The zero-order chi connectivity index (χ0) is 19.5. The third-order valence-electron chi connectivity index (χ3n) is 4.26. The van der Waals surface area contributed by atoms with Gasteiger partial charge in [0.15, 0.2) is 5.16 Å². The molecule has 0 aliphatic heterocycles. The highest BCUT2D eigenvalue weighted by Crippen LogP contribution is 2.26. The van der Waals surface area contributed by atoms with Crippen LogP contribution in [0.3, 0.4) is 0 Å². The van der Waals surface area contributed by atoms with Crippen LogP contribution >= 0.6 is 11.8 Å². The Kier molecular flexibility index (Phi) is 4.90. The standard InChI is InChI=1S/C21H15N3O3S/c25-20-18-13-17(24(26)27)11-12-19(18)22-21(23(20)16-9-5-2-6-10-16)28-14-15-7-3-1-4-8-15/h1-13H,14H2. The van der Waals surface area contributed by atoms with Crippen molar-refractivity contribution in [3.8, 4) is 5.69 Å². The van der Waals surface area contributed by atoms with E-state index in [2.05, 4.69) is 4.98 Å². The largest absolute Gasteiger partial charge is 0.270 e. The molecule has 1 heterocycles. The Hall–Kier alpha value is -3.45. The Morgan fingerprint density at radius 1 is 0.964 bits per heavy atom. The van der Waals surface area contributed by atoms with Crippen LogP contribution < -0.4 is 5.56 Å². The summed E-state index contributed by atoms with van der Waals surface area (Å²) in [6.07, 6.45) is 0. The van der Waals surface area contributed by atoms with Gasteiger partial charge in [0.25, 0.3) is 11.2 Å². The second-order valence-corrected chi connectivity index (χ2v) is 7.05. The highest BCUT2D eigenvalue weighted by molar-refractivity contribution is 7.98. The van der Waals surface area contributed by atoms with Gasteiger partial charge in [0.2, 0.25) is 0 Å². The number of nitro benzene ring substituents is 1. The lowest BCUT2D eigenvalue weighted by Crippen LogP contribution is -2.21. The molecule has 0 fully saturated rings. The van der Waals surface area contributed by atoms with E-state index < -0.39 is 4.92 Å². The number of fused-ring (bicyclic) bond motifs is 1. The van der Waals surface area contributed by atoms with Crippen molar-refractivity contribution >= 4 is 28.4 Å². The minimum absolute atomic E-state index is 0.129. The van der Waals surface area contributed by atoms with Gasteiger partial charge in [-0.3, -0.25) is 19.5 Å². The number of nitro groups is 1. The molecule has 0 aliphatic carbocycles. The van der Waals surface area contributed by atoms with Crippen LogP contribution in [-0.2, 0) is 5.75 Å². The summed E-state index contributed by atoms with van der Waals surface area (Å²) >= 11 is 1.45. The molecule has 4 aromatic rings. The Bertz CT molecular complexity index is 1210. The third-order valence-corrected chi connectivity index (χ3v) is 5.27. The minimum Gasteiger partial charge on any atom is -0.268 e. The first kappa shape index (κ1) is 17.9. The normalized spacial score (nSPS) is 10.9. The van der Waals surface area contributed by atoms with Crippen molar-refractivity contribution < 1.29 is 4.92 Å². The molecular weight excluding hydrogens is 374 g/mol. The molecule has 0 N–H and O–H groups in total. The molecule has 0 amide bonds. The van der Waals surface area contributed by atoms with E-state index in [0.717, 1.165) is 5.56 Å². The van der Waals surface area contributed by atoms with Crippen molar-refractivity contribution in [1.82, 2.24) is 9.55 Å². The maximum absolute atomic E-state index is 13.2. The highest BCUT2D eigenvalue weighted by Gasteiger charge is 2.16. The molecule has 3 aromatic carbocycles. The molecule has 0 radical (unpaired) electrons. The van der Waals surface area contributed by atoms with Gasteiger partial charge in [-0.25, -0.2) is 4.98 Å². The summed E-state index contributed by atoms with van der Waals surface area (Å²) in [7, 11) is 0. The summed E-state index contributed by atoms with van der Waals surface area (Å²) in [4.78, 5) is 28.5. The van der Waals surface area contributed by atoms with Crippen LogP contribution in [0.25, 0.3) is 16.6 Å². The zero-order valence-corrected chi connectivity index (χ0v) is 15.5. The zero-order valence-electron chi connectivity index (χ0n) is 14.7. The molecule has 0 unspecified atom stereocenters. The number of non-ortho nitro benzene ring substituents is 1. The number of rotatable bonds is 5. The Labute approximate surface area is 164 Å². The van der Waals surface area contributed by atoms with E-state index in [1.165, 1.54) is 34.5 Å². The first-order chi connectivity index (χ1) is 13.6. The maximum Gasteiger partial charge on any atom is 0.270 e. The topological polar surface area (TPSA) is 78.0 Å². The van der Waals surface area contributed by atoms with Crippen molar-refractivity contribution in [2.75, 3.05) is 0 Å². The van der Waals surface area contributed by atoms with E-state index in [1.54, 1.807) is 0 Å². The predicted octanol–water partition coefficient (Wildman–Crippen LogP) is 4.59. The van der Waals surface area contributed by atoms with Crippen LogP contribution in [0.15, 0.2) is 88.8 Å². The number of para-hydroxylation sites is 1. The molecule has 0 spiro atoms. The first-order valence-corrected chi connectivity index (χ1v) is 9.55. The molecular formula is C21H15N3O3S. The van der Waals surface area contributed by atoms with Crippen LogP contribution in [0.1, 0.15) is 5.56 Å². The summed E-state index contributed by atoms with van der Waals surface area (Å²) in [6, 6.07) is 23.3. The van der Waals surface area contributed by atoms with Crippen LogP contribution in [0.5, 0.6) is 0 Å². The lowest BCUT2D eigenvalue weighted by atomic mass is 10.2. The number of hydrogen-bond donors (Lipinski definition) is 0. The summed E-state index contributed by atoms with van der Waals surface area (Å²) in [5.74, 6) is 0.651. The second kappa shape index (κ2) is 7.66. The fraction of sp³-hybridized carbons (Fsp3) is 0.0476. The van der Waals surface area contributed by atoms with E-state index in [-0.39, 0.29) is 16.6 Å². The quantitative estimate of drug-likeness (QED) is 0.216. The van der Waals surface area contributed by atoms with Gasteiger partial charge in [-0.2, -0.15) is 0 Å². The van der Waals surface area contributed by atoms with Crippen molar-refractivity contribution in [3.05, 3.63) is 105 Å². The fourth-order valence-electron chi connectivity index (χ4n) is 2.89. The second-order valence-electron chi connectivity index (χ2n) is 6.10. The van der Waals surface area contributed by atoms with Crippen molar-refractivity contribution in [2.45, 2.75) is 10.9 Å². The minimum atomic E-state index is -0.510. The average Bonchev–Trinajstić information content (AvgIpc) is 2.73. The molecule has 4 rings (SSSR count). The summed E-state index contributed by atoms with van der Waals surface area (Å²) in [5.41, 5.74) is 1.78. The lowest BCUT2D eigenvalue weighted by molar-refractivity contribution is -0.384. The maximum atomic E-state index is 13.2. The van der Waals surface area contributed by atoms with E-state index in [4.69, 9.17) is 0 Å². The monoisotopic (exact) mass is 389 g/mol. The van der Waals surface area contributed by atoms with E-state index in [9.17, 15) is 14.9 Å². The molecule has 0 atom stereocenters. The van der Waals surface area contributed by atoms with Gasteiger partial charge < -0.3 is 0 Å². The van der Waals surface area contributed by atoms with Crippen LogP contribution in [0.2, 0.25) is 0 Å². The van der Waals surface area contributed by atoms with Gasteiger partial charge in [-0.15, -0.1) is 0 Å². The molecule has 0 saturated heterocycles. The first-order valence-electron chi connectivity index (χ1n) is 8.57. The predicted molar refractivity (Wildman–Crippen MR) is 110 cm³/mol. The third kappa shape index (κ3) is 3.52. The molecule has 1 aromatic heterocycles. The molecule has 0 saturated carbocycles. The Balaban J connectivity index is 1.88. The van der Waals surface area contributed by atoms with Gasteiger partial charge in [-0.05, 0) is 23.8 Å². The summed E-state index contributed by atoms with van der Waals surface area (Å²) in [5, 5.41) is 11.9. The van der Waals surface area contributed by atoms with Crippen molar-refractivity contribution in [1.29, 1.82) is 0 Å². The van der Waals surface area contributed by atoms with Crippen molar-refractivity contribution in [3.63, 3.8) is 0 Å². The molecule has 7 heteroatoms. The summed E-state index contributed by atoms with van der Waals surface area (Å²) in [6.45, 7) is 0. The van der Waals surface area contributed by atoms with E-state index in [1.807, 2.05) is 60.7 Å². The molecule has 0 bridgehead atoms. The van der Waals surface area contributed by atoms with Gasteiger partial charge in [0.1, 0.15) is 0 Å². The number of aromatic nitrogens is 2. The lowest BCUT2D eigenvalue weighted by Gasteiger charge is -2.13. The number of thioether (sulfide) groups is 1. The molecule has 6 nitrogen and oxygen atoms in total. The van der Waals surface area contributed by atoms with E-state index >= 15 is 0 Å². The molecule has 28 heavy (non-hydrogen) atoms.